The molecule has 0 saturated heterocycles. The summed E-state index contributed by atoms with van der Waals surface area (Å²) in [6.07, 6.45) is -4.82. The van der Waals surface area contributed by atoms with Crippen molar-refractivity contribution in [2.24, 2.45) is 5.41 Å². The summed E-state index contributed by atoms with van der Waals surface area (Å²) in [7, 11) is 0. The number of nitriles is 1. The molecule has 2 rings (SSSR count). The fourth-order valence-electron chi connectivity index (χ4n) is 2.32. The summed E-state index contributed by atoms with van der Waals surface area (Å²) in [5, 5.41) is 9.79. The van der Waals surface area contributed by atoms with E-state index in [1.54, 1.807) is 6.07 Å². The standard InChI is InChI=1S/C17H13BrClF3N2O/c1-16(2,3)15(25)24-13(9-4-6-10(19)7-5-9)11(8-23)12(18)14(24)17(20,21)22/h4-7H,1-3H3. The van der Waals surface area contributed by atoms with Crippen LogP contribution in [0.25, 0.3) is 11.3 Å². The number of nitrogens with zero attached hydrogens (tertiary/aromatic N) is 2. The number of aromatic nitrogens is 1. The van der Waals surface area contributed by atoms with Crippen molar-refractivity contribution in [3.8, 4) is 17.3 Å². The lowest BCUT2D eigenvalue weighted by molar-refractivity contribution is -0.143. The Kier molecular flexibility index (Phi) is 5.08. The number of benzene rings is 1. The first-order valence-corrected chi connectivity index (χ1v) is 8.29. The molecule has 0 N–H and O–H groups in total. The molecule has 0 saturated carbocycles. The Bertz CT molecular complexity index is 872. The third-order valence-electron chi connectivity index (χ3n) is 3.45. The van der Waals surface area contributed by atoms with Gasteiger partial charge in [0.2, 0.25) is 5.91 Å². The van der Waals surface area contributed by atoms with Gasteiger partial charge in [-0.15, -0.1) is 0 Å². The molecule has 0 radical (unpaired) electrons. The van der Waals surface area contributed by atoms with E-state index in [0.717, 1.165) is 0 Å². The molecule has 0 aliphatic carbocycles. The van der Waals surface area contributed by atoms with E-state index in [0.29, 0.717) is 9.59 Å². The van der Waals surface area contributed by atoms with Gasteiger partial charge in [0, 0.05) is 16.0 Å². The molecule has 1 heterocycles. The van der Waals surface area contributed by atoms with Crippen LogP contribution < -0.4 is 0 Å². The quantitative estimate of drug-likeness (QED) is 0.541. The van der Waals surface area contributed by atoms with Gasteiger partial charge < -0.3 is 0 Å². The van der Waals surface area contributed by atoms with Crippen molar-refractivity contribution < 1.29 is 18.0 Å². The van der Waals surface area contributed by atoms with Crippen molar-refractivity contribution in [3.05, 3.63) is 45.0 Å². The second-order valence-corrected chi connectivity index (χ2v) is 7.62. The fourth-order valence-corrected chi connectivity index (χ4v) is 3.12. The highest BCUT2D eigenvalue weighted by Crippen LogP contribution is 2.44. The normalized spacial score (nSPS) is 12.1. The van der Waals surface area contributed by atoms with Crippen molar-refractivity contribution >= 4 is 33.4 Å². The Morgan fingerprint density at radius 3 is 2.12 bits per heavy atom. The first kappa shape index (κ1) is 19.5. The summed E-state index contributed by atoms with van der Waals surface area (Å²) in [5.74, 6) is -0.771. The van der Waals surface area contributed by atoms with Crippen molar-refractivity contribution in [1.82, 2.24) is 4.57 Å². The molecule has 2 aromatic rings. The summed E-state index contributed by atoms with van der Waals surface area (Å²) >= 11 is 8.68. The van der Waals surface area contributed by atoms with Crippen molar-refractivity contribution in [1.29, 1.82) is 5.26 Å². The highest BCUT2D eigenvalue weighted by Gasteiger charge is 2.44. The Morgan fingerprint density at radius 1 is 1.20 bits per heavy atom. The van der Waals surface area contributed by atoms with Crippen LogP contribution >= 0.6 is 27.5 Å². The second kappa shape index (κ2) is 6.50. The van der Waals surface area contributed by atoms with Crippen molar-refractivity contribution in [3.63, 3.8) is 0 Å². The van der Waals surface area contributed by atoms with Crippen LogP contribution in [0.3, 0.4) is 0 Å². The van der Waals surface area contributed by atoms with E-state index in [9.17, 15) is 23.2 Å². The SMILES string of the molecule is CC(C)(C)C(=O)n1c(-c2ccc(Cl)cc2)c(C#N)c(Br)c1C(F)(F)F. The second-order valence-electron chi connectivity index (χ2n) is 6.39. The third-order valence-corrected chi connectivity index (χ3v) is 4.48. The van der Waals surface area contributed by atoms with Gasteiger partial charge in [-0.05, 0) is 28.1 Å². The van der Waals surface area contributed by atoms with Crippen LogP contribution in [0, 0.1) is 16.7 Å². The van der Waals surface area contributed by atoms with Gasteiger partial charge in [0.15, 0.2) is 0 Å². The monoisotopic (exact) mass is 432 g/mol. The maximum atomic E-state index is 13.6. The molecule has 1 aromatic carbocycles. The number of rotatable bonds is 1. The van der Waals surface area contributed by atoms with E-state index < -0.39 is 27.7 Å². The predicted octanol–water partition coefficient (Wildman–Crippen LogP) is 6.15. The lowest BCUT2D eigenvalue weighted by atomic mass is 9.95. The van der Waals surface area contributed by atoms with Gasteiger partial charge >= 0.3 is 6.18 Å². The van der Waals surface area contributed by atoms with Crippen LogP contribution in [0.4, 0.5) is 13.2 Å². The van der Waals surface area contributed by atoms with Gasteiger partial charge in [-0.25, -0.2) is 0 Å². The molecule has 0 atom stereocenters. The molecule has 3 nitrogen and oxygen atoms in total. The maximum absolute atomic E-state index is 13.6. The van der Waals surface area contributed by atoms with E-state index in [2.05, 4.69) is 15.9 Å². The summed E-state index contributed by atoms with van der Waals surface area (Å²) in [6, 6.07) is 7.67. The molecular formula is C17H13BrClF3N2O. The van der Waals surface area contributed by atoms with Gasteiger partial charge in [0.25, 0.3) is 0 Å². The summed E-state index contributed by atoms with van der Waals surface area (Å²) in [4.78, 5) is 12.8. The van der Waals surface area contributed by atoms with Crippen LogP contribution in [0.15, 0.2) is 28.7 Å². The third kappa shape index (κ3) is 3.60. The Hall–Kier alpha value is -1.78. The number of hydrogen-bond acceptors (Lipinski definition) is 2. The molecule has 132 valence electrons. The first-order valence-electron chi connectivity index (χ1n) is 7.11. The van der Waals surface area contributed by atoms with Gasteiger partial charge in [-0.2, -0.15) is 18.4 Å². The van der Waals surface area contributed by atoms with E-state index in [1.165, 1.54) is 45.0 Å². The zero-order chi connectivity index (χ0) is 19.2. The molecular weight excluding hydrogens is 421 g/mol. The molecule has 0 bridgehead atoms. The molecule has 0 unspecified atom stereocenters. The predicted molar refractivity (Wildman–Crippen MR) is 92.4 cm³/mol. The molecule has 8 heteroatoms. The van der Waals surface area contributed by atoms with Crippen LogP contribution in [-0.4, -0.2) is 10.5 Å². The number of carbonyl (C=O) groups is 1. The topological polar surface area (TPSA) is 45.8 Å². The van der Waals surface area contributed by atoms with Crippen LogP contribution in [-0.2, 0) is 6.18 Å². The van der Waals surface area contributed by atoms with Crippen LogP contribution in [0.2, 0.25) is 5.02 Å². The molecule has 0 spiro atoms. The Balaban J connectivity index is 2.97. The lowest BCUT2D eigenvalue weighted by Crippen LogP contribution is -2.31. The molecule has 1 aromatic heterocycles. The Morgan fingerprint density at radius 2 is 1.72 bits per heavy atom. The molecule has 25 heavy (non-hydrogen) atoms. The zero-order valence-corrected chi connectivity index (χ0v) is 15.8. The first-order chi connectivity index (χ1) is 11.4. The summed E-state index contributed by atoms with van der Waals surface area (Å²) < 4.78 is 41.0. The minimum atomic E-state index is -4.82. The number of carbonyl (C=O) groups excluding carboxylic acids is 1. The van der Waals surface area contributed by atoms with E-state index in [-0.39, 0.29) is 16.8 Å². The van der Waals surface area contributed by atoms with Gasteiger partial charge in [0.05, 0.1) is 15.7 Å². The van der Waals surface area contributed by atoms with E-state index >= 15 is 0 Å². The largest absolute Gasteiger partial charge is 0.433 e. The zero-order valence-electron chi connectivity index (χ0n) is 13.5. The smallest absolute Gasteiger partial charge is 0.274 e. The molecule has 0 amide bonds. The van der Waals surface area contributed by atoms with Crippen molar-refractivity contribution in [2.75, 3.05) is 0 Å². The van der Waals surface area contributed by atoms with Gasteiger partial charge in [0.1, 0.15) is 11.8 Å². The van der Waals surface area contributed by atoms with Crippen molar-refractivity contribution in [2.45, 2.75) is 26.9 Å². The lowest BCUT2D eigenvalue weighted by Gasteiger charge is -2.22. The number of hydrogen-bond donors (Lipinski definition) is 0. The minimum Gasteiger partial charge on any atom is -0.274 e. The molecule has 0 fully saturated rings. The maximum Gasteiger partial charge on any atom is 0.433 e. The summed E-state index contributed by atoms with van der Waals surface area (Å²) in [5.41, 5.74) is -2.37. The molecule has 0 aliphatic rings. The Labute approximate surface area is 156 Å². The van der Waals surface area contributed by atoms with E-state index in [4.69, 9.17) is 11.6 Å². The van der Waals surface area contributed by atoms with Gasteiger partial charge in [-0.3, -0.25) is 9.36 Å². The average molecular weight is 434 g/mol. The molecule has 0 aliphatic heterocycles. The van der Waals surface area contributed by atoms with E-state index in [1.807, 2.05) is 0 Å². The van der Waals surface area contributed by atoms with Crippen LogP contribution in [0.1, 0.15) is 36.8 Å². The number of halogens is 5. The average Bonchev–Trinajstić information content (AvgIpc) is 2.78. The highest BCUT2D eigenvalue weighted by molar-refractivity contribution is 9.10. The van der Waals surface area contributed by atoms with Crippen LogP contribution in [0.5, 0.6) is 0 Å². The number of alkyl halides is 3. The van der Waals surface area contributed by atoms with Gasteiger partial charge in [-0.1, -0.05) is 44.5 Å². The highest BCUT2D eigenvalue weighted by atomic mass is 79.9. The minimum absolute atomic E-state index is 0.113. The fraction of sp³-hybridized carbons (Fsp3) is 0.294. The summed E-state index contributed by atoms with van der Waals surface area (Å²) in [6.45, 7) is 4.54.